The van der Waals surface area contributed by atoms with Crippen molar-refractivity contribution in [2.75, 3.05) is 14.1 Å². The Kier molecular flexibility index (Phi) is 5.15. The predicted molar refractivity (Wildman–Crippen MR) is 98.2 cm³/mol. The van der Waals surface area contributed by atoms with Crippen LogP contribution in [0.2, 0.25) is 5.02 Å². The highest BCUT2D eigenvalue weighted by atomic mass is 35.5. The molecule has 2 saturated carbocycles. The summed E-state index contributed by atoms with van der Waals surface area (Å²) in [5.74, 6) is 1.72. The molecule has 3 rings (SSSR count). The van der Waals surface area contributed by atoms with Crippen molar-refractivity contribution in [2.24, 2.45) is 17.8 Å². The van der Waals surface area contributed by atoms with Gasteiger partial charge in [-0.3, -0.25) is 4.79 Å². The van der Waals surface area contributed by atoms with Crippen LogP contribution in [0.1, 0.15) is 43.0 Å². The number of fused-ring (bicyclic) bond motifs is 2. The second kappa shape index (κ2) is 6.89. The lowest BCUT2D eigenvalue weighted by Crippen LogP contribution is -2.40. The Labute approximate surface area is 154 Å². The number of amides is 1. The van der Waals surface area contributed by atoms with Crippen LogP contribution < -0.4 is 5.32 Å². The van der Waals surface area contributed by atoms with Gasteiger partial charge in [-0.2, -0.15) is 0 Å². The molecule has 5 nitrogen and oxygen atoms in total. The summed E-state index contributed by atoms with van der Waals surface area (Å²) in [5, 5.41) is 3.30. The first kappa shape index (κ1) is 18.7. The number of hydrogen-bond donors (Lipinski definition) is 1. The van der Waals surface area contributed by atoms with E-state index in [1.165, 1.54) is 58.0 Å². The molecular formula is C18H25ClN2O3S. The fourth-order valence-electron chi connectivity index (χ4n) is 4.35. The minimum Gasteiger partial charge on any atom is -0.349 e. The maximum Gasteiger partial charge on any atom is 0.253 e. The zero-order valence-corrected chi connectivity index (χ0v) is 16.4. The van der Waals surface area contributed by atoms with E-state index in [4.69, 9.17) is 11.6 Å². The zero-order valence-electron chi connectivity index (χ0n) is 14.8. The van der Waals surface area contributed by atoms with E-state index in [9.17, 15) is 13.2 Å². The van der Waals surface area contributed by atoms with Crippen LogP contribution in [0.5, 0.6) is 0 Å². The molecule has 2 fully saturated rings. The van der Waals surface area contributed by atoms with Crippen molar-refractivity contribution in [3.8, 4) is 0 Å². The van der Waals surface area contributed by atoms with Crippen LogP contribution in [0.4, 0.5) is 0 Å². The SMILES string of the molecule is C[C@H](NC(=O)c1cc(S(=O)(=O)N(C)C)ccc1Cl)[C@@H]1C[C@H]2CC[C@H]1C2. The molecule has 2 aliphatic carbocycles. The average molecular weight is 385 g/mol. The van der Waals surface area contributed by atoms with E-state index in [2.05, 4.69) is 5.32 Å². The molecule has 1 amide bonds. The van der Waals surface area contributed by atoms with Gasteiger partial charge in [0.15, 0.2) is 0 Å². The van der Waals surface area contributed by atoms with Crippen LogP contribution in [0.25, 0.3) is 0 Å². The normalized spacial score (nSPS) is 26.8. The van der Waals surface area contributed by atoms with Gasteiger partial charge in [-0.1, -0.05) is 18.0 Å². The van der Waals surface area contributed by atoms with E-state index < -0.39 is 10.0 Å². The van der Waals surface area contributed by atoms with Crippen LogP contribution in [-0.4, -0.2) is 38.8 Å². The number of rotatable bonds is 5. The highest BCUT2D eigenvalue weighted by Crippen LogP contribution is 2.49. The Bertz CT molecular complexity index is 779. The first-order chi connectivity index (χ1) is 11.7. The third-order valence-electron chi connectivity index (χ3n) is 5.75. The third-order valence-corrected chi connectivity index (χ3v) is 7.90. The van der Waals surface area contributed by atoms with E-state index in [1.54, 1.807) is 0 Å². The Morgan fingerprint density at radius 3 is 2.56 bits per heavy atom. The van der Waals surface area contributed by atoms with Crippen molar-refractivity contribution in [3.63, 3.8) is 0 Å². The molecule has 0 saturated heterocycles. The van der Waals surface area contributed by atoms with Crippen molar-refractivity contribution in [2.45, 2.75) is 43.5 Å². The minimum atomic E-state index is -3.61. The number of hydrogen-bond acceptors (Lipinski definition) is 3. The standard InChI is InChI=1S/C18H25ClN2O3S/c1-11(15-9-12-4-5-13(15)8-12)20-18(22)16-10-14(6-7-17(16)19)25(23,24)21(2)3/h6-7,10-13,15H,4-5,8-9H2,1-3H3,(H,20,22)/t11-,12-,13-,15-/m0/s1. The van der Waals surface area contributed by atoms with Gasteiger partial charge in [0.05, 0.1) is 15.5 Å². The van der Waals surface area contributed by atoms with Gasteiger partial charge >= 0.3 is 0 Å². The maximum absolute atomic E-state index is 12.7. The summed E-state index contributed by atoms with van der Waals surface area (Å²) in [7, 11) is -0.688. The summed E-state index contributed by atoms with van der Waals surface area (Å²) in [4.78, 5) is 12.8. The van der Waals surface area contributed by atoms with Crippen molar-refractivity contribution < 1.29 is 13.2 Å². The lowest BCUT2D eigenvalue weighted by atomic mass is 9.84. The van der Waals surface area contributed by atoms with Crippen molar-refractivity contribution in [3.05, 3.63) is 28.8 Å². The predicted octanol–water partition coefficient (Wildman–Crippen LogP) is 3.14. The largest absolute Gasteiger partial charge is 0.349 e. The molecule has 7 heteroatoms. The molecule has 0 aromatic heterocycles. The number of nitrogens with one attached hydrogen (secondary N) is 1. The molecule has 25 heavy (non-hydrogen) atoms. The Morgan fingerprint density at radius 1 is 1.28 bits per heavy atom. The van der Waals surface area contributed by atoms with Gasteiger partial charge in [-0.05, 0) is 62.1 Å². The van der Waals surface area contributed by atoms with Crippen molar-refractivity contribution in [1.82, 2.24) is 9.62 Å². The van der Waals surface area contributed by atoms with Crippen LogP contribution in [0.3, 0.4) is 0 Å². The molecule has 4 atom stereocenters. The molecule has 0 heterocycles. The number of nitrogens with zero attached hydrogens (tertiary/aromatic N) is 1. The fraction of sp³-hybridized carbons (Fsp3) is 0.611. The van der Waals surface area contributed by atoms with E-state index >= 15 is 0 Å². The van der Waals surface area contributed by atoms with Gasteiger partial charge in [0.1, 0.15) is 0 Å². The van der Waals surface area contributed by atoms with Gasteiger partial charge in [-0.25, -0.2) is 12.7 Å². The van der Waals surface area contributed by atoms with Gasteiger partial charge in [0, 0.05) is 20.1 Å². The highest BCUT2D eigenvalue weighted by Gasteiger charge is 2.42. The third kappa shape index (κ3) is 3.57. The number of halogens is 1. The topological polar surface area (TPSA) is 66.5 Å². The lowest BCUT2D eigenvalue weighted by Gasteiger charge is -2.28. The second-order valence-electron chi connectivity index (χ2n) is 7.53. The summed E-state index contributed by atoms with van der Waals surface area (Å²) in [5.41, 5.74) is 0.208. The summed E-state index contributed by atoms with van der Waals surface area (Å²) >= 11 is 6.16. The monoisotopic (exact) mass is 384 g/mol. The molecule has 0 aliphatic heterocycles. The zero-order chi connectivity index (χ0) is 18.4. The quantitative estimate of drug-likeness (QED) is 0.847. The van der Waals surface area contributed by atoms with E-state index in [1.807, 2.05) is 6.92 Å². The molecule has 1 N–H and O–H groups in total. The van der Waals surface area contributed by atoms with Gasteiger partial charge in [-0.15, -0.1) is 0 Å². The Balaban J connectivity index is 1.78. The first-order valence-electron chi connectivity index (χ1n) is 8.73. The molecule has 138 valence electrons. The van der Waals surface area contributed by atoms with Crippen LogP contribution in [0, 0.1) is 17.8 Å². The van der Waals surface area contributed by atoms with Crippen LogP contribution >= 0.6 is 11.6 Å². The molecule has 1 aromatic rings. The van der Waals surface area contributed by atoms with E-state index in [0.717, 1.165) is 10.2 Å². The molecule has 0 radical (unpaired) electrons. The molecule has 1 aromatic carbocycles. The molecule has 2 aliphatic rings. The maximum atomic E-state index is 12.7. The second-order valence-corrected chi connectivity index (χ2v) is 10.1. The number of carbonyl (C=O) groups excluding carboxylic acids is 1. The van der Waals surface area contributed by atoms with Gasteiger partial charge in [0.25, 0.3) is 5.91 Å². The average Bonchev–Trinajstić information content (AvgIpc) is 3.17. The molecule has 2 bridgehead atoms. The highest BCUT2D eigenvalue weighted by molar-refractivity contribution is 7.89. The smallest absolute Gasteiger partial charge is 0.253 e. The van der Waals surface area contributed by atoms with Crippen molar-refractivity contribution in [1.29, 1.82) is 0 Å². The van der Waals surface area contributed by atoms with Crippen molar-refractivity contribution >= 4 is 27.5 Å². The molecule has 0 unspecified atom stereocenters. The van der Waals surface area contributed by atoms with E-state index in [0.29, 0.717) is 11.8 Å². The minimum absolute atomic E-state index is 0.0629. The van der Waals surface area contributed by atoms with Crippen LogP contribution in [0.15, 0.2) is 23.1 Å². The Morgan fingerprint density at radius 2 is 2.00 bits per heavy atom. The lowest BCUT2D eigenvalue weighted by molar-refractivity contribution is 0.0915. The van der Waals surface area contributed by atoms with Gasteiger partial charge in [0.2, 0.25) is 10.0 Å². The first-order valence-corrected chi connectivity index (χ1v) is 10.5. The number of carbonyl (C=O) groups is 1. The van der Waals surface area contributed by atoms with Crippen LogP contribution in [-0.2, 0) is 10.0 Å². The molecular weight excluding hydrogens is 360 g/mol. The summed E-state index contributed by atoms with van der Waals surface area (Å²) in [6, 6.07) is 4.32. The number of benzene rings is 1. The summed E-state index contributed by atoms with van der Waals surface area (Å²) < 4.78 is 25.7. The fourth-order valence-corrected chi connectivity index (χ4v) is 5.48. The summed E-state index contributed by atoms with van der Waals surface area (Å²) in [6.07, 6.45) is 5.03. The Hall–Kier alpha value is -1.11. The van der Waals surface area contributed by atoms with E-state index in [-0.39, 0.29) is 27.4 Å². The van der Waals surface area contributed by atoms with Gasteiger partial charge < -0.3 is 5.32 Å². The molecule has 0 spiro atoms. The summed E-state index contributed by atoms with van der Waals surface area (Å²) in [6.45, 7) is 2.04. The number of sulfonamides is 1.